The lowest BCUT2D eigenvalue weighted by Gasteiger charge is -2.06. The van der Waals surface area contributed by atoms with E-state index in [1.54, 1.807) is 12.2 Å². The van der Waals surface area contributed by atoms with Crippen LogP contribution in [0, 0.1) is 0 Å². The molecule has 1 unspecified atom stereocenters. The molecule has 68 valence electrons. The highest BCUT2D eigenvalue weighted by Gasteiger charge is 2.00. The molecule has 1 atom stereocenters. The van der Waals surface area contributed by atoms with Crippen LogP contribution in [0.3, 0.4) is 0 Å². The van der Waals surface area contributed by atoms with Crippen LogP contribution < -0.4 is 5.73 Å². The zero-order chi connectivity index (χ0) is 9.56. The summed E-state index contributed by atoms with van der Waals surface area (Å²) in [6.07, 6.45) is 4.36. The summed E-state index contributed by atoms with van der Waals surface area (Å²) in [5, 5.41) is 0.993. The maximum Gasteiger partial charge on any atom is 0.0443 e. The first-order valence-corrected chi connectivity index (χ1v) is 4.90. The van der Waals surface area contributed by atoms with Crippen molar-refractivity contribution in [3.8, 4) is 0 Å². The molecule has 0 rings (SSSR count). The molecule has 1 nitrogen and oxygen atoms in total. The maximum absolute atomic E-state index is 5.73. The Balaban J connectivity index is 4.73. The predicted octanol–water partition coefficient (Wildman–Crippen LogP) is 2.79. The largest absolute Gasteiger partial charge is 0.398 e. The molecule has 0 aliphatic carbocycles. The van der Waals surface area contributed by atoms with Crippen LogP contribution in [-0.2, 0) is 0 Å². The molecule has 0 radical (unpaired) electrons. The second kappa shape index (κ2) is 6.28. The molecule has 12 heavy (non-hydrogen) atoms. The molecule has 0 fully saturated rings. The summed E-state index contributed by atoms with van der Waals surface area (Å²) >= 11 is 5.73. The van der Waals surface area contributed by atoms with Gasteiger partial charge in [0.1, 0.15) is 0 Å². The lowest BCUT2D eigenvalue weighted by molar-refractivity contribution is 1.09. The van der Waals surface area contributed by atoms with Gasteiger partial charge in [-0.3, -0.25) is 0 Å². The van der Waals surface area contributed by atoms with Gasteiger partial charge in [-0.1, -0.05) is 19.6 Å². The summed E-state index contributed by atoms with van der Waals surface area (Å²) in [5.41, 5.74) is 7.60. The lowest BCUT2D eigenvalue weighted by atomic mass is 10.2. The first-order valence-electron chi connectivity index (χ1n) is 3.79. The Morgan fingerprint density at radius 2 is 2.25 bits per heavy atom. The highest BCUT2D eigenvalue weighted by Crippen LogP contribution is 2.21. The molecule has 0 aromatic rings. The quantitative estimate of drug-likeness (QED) is 0.425. The molecule has 0 aliphatic rings. The van der Waals surface area contributed by atoms with Gasteiger partial charge in [-0.05, 0) is 23.4 Å². The number of hydrogen-bond acceptors (Lipinski definition) is 1. The van der Waals surface area contributed by atoms with Crippen molar-refractivity contribution < 1.29 is 0 Å². The Hall–Kier alpha value is -0.260. The average Bonchev–Trinajstić information content (AvgIpc) is 2.07. The molecule has 0 amide bonds. The van der Waals surface area contributed by atoms with E-state index in [2.05, 4.69) is 22.7 Å². The van der Waals surface area contributed by atoms with Crippen molar-refractivity contribution in [2.24, 2.45) is 5.73 Å². The topological polar surface area (TPSA) is 26.0 Å². The summed E-state index contributed by atoms with van der Waals surface area (Å²) in [6, 6.07) is 0. The minimum atomic E-state index is 0.529. The minimum Gasteiger partial charge on any atom is -0.398 e. The summed E-state index contributed by atoms with van der Waals surface area (Å²) in [7, 11) is 2.61. The van der Waals surface area contributed by atoms with Crippen LogP contribution in [0.25, 0.3) is 0 Å². The number of hydrogen-bond donors (Lipinski definition) is 1. The third kappa shape index (κ3) is 3.42. The SMILES string of the molecule is C=C/C=C(N)\C(P)=C(\CC)CCl. The number of nitrogens with two attached hydrogens (primary N) is 1. The van der Waals surface area contributed by atoms with Crippen molar-refractivity contribution in [2.75, 3.05) is 5.88 Å². The molecule has 3 heteroatoms. The Morgan fingerprint density at radius 3 is 2.58 bits per heavy atom. The first-order chi connectivity index (χ1) is 5.67. The fraction of sp³-hybridized carbons (Fsp3) is 0.333. The van der Waals surface area contributed by atoms with Crippen molar-refractivity contribution in [1.29, 1.82) is 0 Å². The van der Waals surface area contributed by atoms with Crippen LogP contribution in [0.2, 0.25) is 0 Å². The van der Waals surface area contributed by atoms with Crippen molar-refractivity contribution in [3.63, 3.8) is 0 Å². The first kappa shape index (κ1) is 11.7. The molecule has 0 saturated heterocycles. The lowest BCUT2D eigenvalue weighted by Crippen LogP contribution is -2.00. The van der Waals surface area contributed by atoms with Gasteiger partial charge in [-0.2, -0.15) is 0 Å². The molecule has 0 bridgehead atoms. The Kier molecular flexibility index (Phi) is 6.14. The van der Waals surface area contributed by atoms with Gasteiger partial charge in [0.2, 0.25) is 0 Å². The van der Waals surface area contributed by atoms with E-state index in [0.29, 0.717) is 11.6 Å². The summed E-state index contributed by atoms with van der Waals surface area (Å²) < 4.78 is 0. The number of allylic oxidation sites excluding steroid dienone is 4. The van der Waals surface area contributed by atoms with Gasteiger partial charge in [0, 0.05) is 11.6 Å². The van der Waals surface area contributed by atoms with E-state index in [-0.39, 0.29) is 0 Å². The van der Waals surface area contributed by atoms with E-state index >= 15 is 0 Å². The summed E-state index contributed by atoms with van der Waals surface area (Å²) in [6.45, 7) is 5.63. The standard InChI is InChI=1S/C9H15ClNP/c1-3-5-8(11)9(12)7(4-2)6-10/h3,5H,1,4,6,11-12H2,2H3/b8-5+,9-7+. The highest BCUT2D eigenvalue weighted by molar-refractivity contribution is 7.23. The molecular weight excluding hydrogens is 189 g/mol. The van der Waals surface area contributed by atoms with Gasteiger partial charge in [-0.25, -0.2) is 0 Å². The van der Waals surface area contributed by atoms with E-state index in [9.17, 15) is 0 Å². The van der Waals surface area contributed by atoms with E-state index in [4.69, 9.17) is 17.3 Å². The molecule has 0 aliphatic heterocycles. The van der Waals surface area contributed by atoms with Crippen LogP contribution in [-0.4, -0.2) is 5.88 Å². The predicted molar refractivity (Wildman–Crippen MR) is 60.2 cm³/mol. The Labute approximate surface area is 81.6 Å². The van der Waals surface area contributed by atoms with Crippen LogP contribution in [0.4, 0.5) is 0 Å². The Bertz CT molecular complexity index is 213. The van der Waals surface area contributed by atoms with E-state index in [1.807, 2.05) is 0 Å². The van der Waals surface area contributed by atoms with Crippen LogP contribution in [0.5, 0.6) is 0 Å². The second-order valence-corrected chi connectivity index (χ2v) is 3.21. The van der Waals surface area contributed by atoms with E-state index < -0.39 is 0 Å². The molecule has 0 aromatic carbocycles. The number of alkyl halides is 1. The van der Waals surface area contributed by atoms with Gasteiger partial charge < -0.3 is 5.73 Å². The van der Waals surface area contributed by atoms with Crippen LogP contribution in [0.15, 0.2) is 35.3 Å². The van der Waals surface area contributed by atoms with Gasteiger partial charge in [0.05, 0.1) is 0 Å². The van der Waals surface area contributed by atoms with E-state index in [0.717, 1.165) is 17.3 Å². The van der Waals surface area contributed by atoms with Crippen LogP contribution in [0.1, 0.15) is 13.3 Å². The van der Waals surface area contributed by atoms with Gasteiger partial charge in [0.25, 0.3) is 0 Å². The normalized spacial score (nSPS) is 14.1. The number of halogens is 1. The third-order valence-electron chi connectivity index (χ3n) is 1.58. The fourth-order valence-electron chi connectivity index (χ4n) is 0.778. The Morgan fingerprint density at radius 1 is 1.67 bits per heavy atom. The molecule has 0 saturated carbocycles. The van der Waals surface area contributed by atoms with Gasteiger partial charge >= 0.3 is 0 Å². The summed E-state index contributed by atoms with van der Waals surface area (Å²) in [5.74, 6) is 0.529. The molecule has 0 aromatic heterocycles. The highest BCUT2D eigenvalue weighted by atomic mass is 35.5. The van der Waals surface area contributed by atoms with Crippen molar-refractivity contribution in [1.82, 2.24) is 0 Å². The van der Waals surface area contributed by atoms with Crippen molar-refractivity contribution in [3.05, 3.63) is 35.3 Å². The fourth-order valence-corrected chi connectivity index (χ4v) is 1.64. The zero-order valence-electron chi connectivity index (χ0n) is 7.31. The smallest absolute Gasteiger partial charge is 0.0443 e. The van der Waals surface area contributed by atoms with Crippen molar-refractivity contribution in [2.45, 2.75) is 13.3 Å². The molecule has 2 N–H and O–H groups in total. The monoisotopic (exact) mass is 203 g/mol. The van der Waals surface area contributed by atoms with E-state index in [1.165, 1.54) is 0 Å². The maximum atomic E-state index is 5.73. The second-order valence-electron chi connectivity index (χ2n) is 2.36. The third-order valence-corrected chi connectivity index (χ3v) is 2.64. The van der Waals surface area contributed by atoms with Gasteiger partial charge in [0.15, 0.2) is 0 Å². The zero-order valence-corrected chi connectivity index (χ0v) is 9.22. The summed E-state index contributed by atoms with van der Waals surface area (Å²) in [4.78, 5) is 0. The minimum absolute atomic E-state index is 0.529. The van der Waals surface area contributed by atoms with Crippen LogP contribution >= 0.6 is 20.8 Å². The molecule has 0 heterocycles. The molecular formula is C9H15ClNP. The van der Waals surface area contributed by atoms with Crippen molar-refractivity contribution >= 4 is 20.8 Å². The average molecular weight is 204 g/mol. The van der Waals surface area contributed by atoms with Gasteiger partial charge in [-0.15, -0.1) is 20.8 Å². The molecule has 0 spiro atoms. The number of rotatable bonds is 4.